The van der Waals surface area contributed by atoms with Crippen LogP contribution in [-0.4, -0.2) is 19.3 Å². The van der Waals surface area contributed by atoms with Crippen molar-refractivity contribution in [2.45, 2.75) is 25.9 Å². The summed E-state index contributed by atoms with van der Waals surface area (Å²) in [4.78, 5) is 4.59. The number of alkyl halides is 1. The van der Waals surface area contributed by atoms with Crippen LogP contribution in [0.5, 0.6) is 0 Å². The molecule has 19 heavy (non-hydrogen) atoms. The second-order valence-corrected chi connectivity index (χ2v) is 4.84. The van der Waals surface area contributed by atoms with Gasteiger partial charge >= 0.3 is 0 Å². The molecule has 2 heterocycles. The summed E-state index contributed by atoms with van der Waals surface area (Å²) in [7, 11) is 0. The van der Waals surface area contributed by atoms with Crippen molar-refractivity contribution in [2.75, 3.05) is 0 Å². The molecule has 0 bridgehead atoms. The number of aryl methyl sites for hydroxylation is 3. The van der Waals surface area contributed by atoms with Crippen LogP contribution in [-0.2, 0) is 19.0 Å². The van der Waals surface area contributed by atoms with E-state index >= 15 is 0 Å². The Labute approximate surface area is 116 Å². The number of hydrogen-bond acceptors (Lipinski definition) is 2. The molecule has 0 fully saturated rings. The van der Waals surface area contributed by atoms with Gasteiger partial charge in [0.25, 0.3) is 0 Å². The third-order valence-electron chi connectivity index (χ3n) is 3.21. The number of benzene rings is 1. The van der Waals surface area contributed by atoms with E-state index in [0.717, 1.165) is 29.9 Å². The lowest BCUT2D eigenvalue weighted by Crippen LogP contribution is -2.10. The second-order valence-electron chi connectivity index (χ2n) is 4.57. The van der Waals surface area contributed by atoms with Gasteiger partial charge in [0.15, 0.2) is 0 Å². The zero-order chi connectivity index (χ0) is 13.2. The molecular weight excluding hydrogens is 260 g/mol. The number of imidazole rings is 1. The minimum absolute atomic E-state index is 0.423. The van der Waals surface area contributed by atoms with Crippen molar-refractivity contribution in [1.29, 1.82) is 0 Å². The summed E-state index contributed by atoms with van der Waals surface area (Å²) in [5.74, 6) is 1.33. The standard InChI is InChI=1S/C14H15ClN4/c1-11-3-4-13-12(9-11)17-14(10-15)19(13)8-7-18-6-2-5-16-18/h2-6,9H,7-8,10H2,1H3. The van der Waals surface area contributed by atoms with Crippen LogP contribution in [0.1, 0.15) is 11.4 Å². The average molecular weight is 275 g/mol. The maximum absolute atomic E-state index is 6.00. The van der Waals surface area contributed by atoms with Crippen molar-refractivity contribution in [1.82, 2.24) is 19.3 Å². The summed E-state index contributed by atoms with van der Waals surface area (Å²) in [5, 5.41) is 4.22. The fourth-order valence-corrected chi connectivity index (χ4v) is 2.48. The molecule has 0 amide bonds. The van der Waals surface area contributed by atoms with E-state index in [0.29, 0.717) is 5.88 Å². The highest BCUT2D eigenvalue weighted by Crippen LogP contribution is 2.19. The first kappa shape index (κ1) is 12.2. The molecule has 0 atom stereocenters. The van der Waals surface area contributed by atoms with E-state index in [4.69, 9.17) is 11.6 Å². The lowest BCUT2D eigenvalue weighted by molar-refractivity contribution is 0.533. The van der Waals surface area contributed by atoms with Crippen molar-refractivity contribution < 1.29 is 0 Å². The quantitative estimate of drug-likeness (QED) is 0.686. The Morgan fingerprint density at radius 2 is 2.16 bits per heavy atom. The molecule has 3 rings (SSSR count). The Hall–Kier alpha value is -1.81. The van der Waals surface area contributed by atoms with Crippen LogP contribution in [0.3, 0.4) is 0 Å². The SMILES string of the molecule is Cc1ccc2c(c1)nc(CCl)n2CCn1cccn1. The summed E-state index contributed by atoms with van der Waals surface area (Å²) in [5.41, 5.74) is 3.36. The molecule has 5 heteroatoms. The van der Waals surface area contributed by atoms with Crippen molar-refractivity contribution in [3.05, 3.63) is 48.0 Å². The molecule has 98 valence electrons. The van der Waals surface area contributed by atoms with E-state index in [1.54, 1.807) is 6.20 Å². The van der Waals surface area contributed by atoms with Crippen molar-refractivity contribution in [3.63, 3.8) is 0 Å². The van der Waals surface area contributed by atoms with E-state index in [-0.39, 0.29) is 0 Å². The Morgan fingerprint density at radius 1 is 1.26 bits per heavy atom. The highest BCUT2D eigenvalue weighted by Gasteiger charge is 2.09. The summed E-state index contributed by atoms with van der Waals surface area (Å²) in [6, 6.07) is 8.23. The average Bonchev–Trinajstić information content (AvgIpc) is 3.02. The van der Waals surface area contributed by atoms with E-state index in [9.17, 15) is 0 Å². The maximum atomic E-state index is 6.00. The molecule has 0 spiro atoms. The summed E-state index contributed by atoms with van der Waals surface area (Å²) >= 11 is 6.00. The van der Waals surface area contributed by atoms with Crippen LogP contribution in [0.25, 0.3) is 11.0 Å². The van der Waals surface area contributed by atoms with Crippen molar-refractivity contribution in [3.8, 4) is 0 Å². The number of nitrogens with zero attached hydrogens (tertiary/aromatic N) is 4. The fraction of sp³-hybridized carbons (Fsp3) is 0.286. The molecule has 0 radical (unpaired) electrons. The van der Waals surface area contributed by atoms with Gasteiger partial charge in [-0.25, -0.2) is 4.98 Å². The normalized spacial score (nSPS) is 11.3. The first-order valence-electron chi connectivity index (χ1n) is 6.27. The highest BCUT2D eigenvalue weighted by molar-refractivity contribution is 6.16. The molecule has 2 aromatic heterocycles. The van der Waals surface area contributed by atoms with E-state index in [1.165, 1.54) is 5.56 Å². The maximum Gasteiger partial charge on any atom is 0.124 e. The first-order chi connectivity index (χ1) is 9.28. The predicted molar refractivity (Wildman–Crippen MR) is 76.3 cm³/mol. The van der Waals surface area contributed by atoms with Gasteiger partial charge in [0.05, 0.1) is 23.5 Å². The fourth-order valence-electron chi connectivity index (χ4n) is 2.28. The van der Waals surface area contributed by atoms with Crippen molar-refractivity contribution in [2.24, 2.45) is 0 Å². The van der Waals surface area contributed by atoms with Gasteiger partial charge in [-0.2, -0.15) is 5.10 Å². The topological polar surface area (TPSA) is 35.6 Å². The monoisotopic (exact) mass is 274 g/mol. The van der Waals surface area contributed by atoms with Gasteiger partial charge in [-0.1, -0.05) is 6.07 Å². The van der Waals surface area contributed by atoms with E-state index in [1.807, 2.05) is 16.9 Å². The van der Waals surface area contributed by atoms with Crippen LogP contribution in [0.4, 0.5) is 0 Å². The largest absolute Gasteiger partial charge is 0.325 e. The summed E-state index contributed by atoms with van der Waals surface area (Å²) < 4.78 is 4.08. The van der Waals surface area contributed by atoms with Gasteiger partial charge in [-0.3, -0.25) is 4.68 Å². The predicted octanol–water partition coefficient (Wildman–Crippen LogP) is 2.98. The Balaban J connectivity index is 1.96. The first-order valence-corrected chi connectivity index (χ1v) is 6.80. The number of hydrogen-bond donors (Lipinski definition) is 0. The number of fused-ring (bicyclic) bond motifs is 1. The molecule has 0 aliphatic rings. The molecule has 3 aromatic rings. The summed E-state index contributed by atoms with van der Waals surface area (Å²) in [6.07, 6.45) is 3.75. The number of aromatic nitrogens is 4. The van der Waals surface area contributed by atoms with E-state index < -0.39 is 0 Å². The molecule has 0 aliphatic carbocycles. The summed E-state index contributed by atoms with van der Waals surface area (Å²) in [6.45, 7) is 3.71. The van der Waals surface area contributed by atoms with Gasteiger partial charge < -0.3 is 4.57 Å². The molecule has 4 nitrogen and oxygen atoms in total. The van der Waals surface area contributed by atoms with Crippen LogP contribution in [0.15, 0.2) is 36.7 Å². The van der Waals surface area contributed by atoms with Crippen LogP contribution in [0.2, 0.25) is 0 Å². The highest BCUT2D eigenvalue weighted by atomic mass is 35.5. The van der Waals surface area contributed by atoms with Gasteiger partial charge in [-0.15, -0.1) is 11.6 Å². The van der Waals surface area contributed by atoms with Gasteiger partial charge in [-0.05, 0) is 30.7 Å². The molecular formula is C14H15ClN4. The van der Waals surface area contributed by atoms with E-state index in [2.05, 4.69) is 39.8 Å². The number of halogens is 1. The minimum Gasteiger partial charge on any atom is -0.325 e. The number of rotatable bonds is 4. The van der Waals surface area contributed by atoms with Crippen LogP contribution >= 0.6 is 11.6 Å². The lowest BCUT2D eigenvalue weighted by Gasteiger charge is -2.08. The third kappa shape index (κ3) is 2.36. The molecule has 0 N–H and O–H groups in total. The third-order valence-corrected chi connectivity index (χ3v) is 3.45. The molecule has 0 unspecified atom stereocenters. The zero-order valence-corrected chi connectivity index (χ0v) is 11.5. The molecule has 1 aromatic carbocycles. The minimum atomic E-state index is 0.423. The van der Waals surface area contributed by atoms with Crippen LogP contribution in [0, 0.1) is 6.92 Å². The van der Waals surface area contributed by atoms with Crippen molar-refractivity contribution >= 4 is 22.6 Å². The molecule has 0 saturated carbocycles. The smallest absolute Gasteiger partial charge is 0.124 e. The molecule has 0 saturated heterocycles. The second kappa shape index (κ2) is 5.05. The van der Waals surface area contributed by atoms with Gasteiger partial charge in [0.2, 0.25) is 0 Å². The zero-order valence-electron chi connectivity index (χ0n) is 10.8. The van der Waals surface area contributed by atoms with Gasteiger partial charge in [0.1, 0.15) is 5.82 Å². The lowest BCUT2D eigenvalue weighted by atomic mass is 10.2. The Kier molecular flexibility index (Phi) is 3.25. The van der Waals surface area contributed by atoms with Gasteiger partial charge in [0, 0.05) is 18.9 Å². The Morgan fingerprint density at radius 3 is 2.89 bits per heavy atom. The van der Waals surface area contributed by atoms with Crippen LogP contribution < -0.4 is 0 Å². The Bertz CT molecular complexity index is 685. The molecule has 0 aliphatic heterocycles.